The van der Waals surface area contributed by atoms with Gasteiger partial charge in [-0.05, 0) is 30.9 Å². The summed E-state index contributed by atoms with van der Waals surface area (Å²) in [5.74, 6) is 0.635. The highest BCUT2D eigenvalue weighted by Gasteiger charge is 2.09. The number of para-hydroxylation sites is 1. The summed E-state index contributed by atoms with van der Waals surface area (Å²) < 4.78 is 0. The van der Waals surface area contributed by atoms with Crippen LogP contribution in [0, 0.1) is 5.92 Å². The third kappa shape index (κ3) is 4.24. The molecule has 3 nitrogen and oxygen atoms in total. The maximum Gasteiger partial charge on any atom is 0.323 e. The Bertz CT molecular complexity index is 394. The fraction of sp³-hybridized carbons (Fsp3) is 0.400. The number of nitrogens with one attached hydrogen (secondary N) is 2. The minimum atomic E-state index is -0.187. The lowest BCUT2D eigenvalue weighted by molar-refractivity contribution is 0.255. The minimum Gasteiger partial charge on any atom is -0.315 e. The Kier molecular flexibility index (Phi) is 4.82. The second kappa shape index (κ2) is 6.84. The average Bonchev–Trinajstić information content (AvgIpc) is 2.41. The van der Waals surface area contributed by atoms with E-state index in [9.17, 15) is 4.79 Å². The third-order valence-electron chi connectivity index (χ3n) is 3.26. The van der Waals surface area contributed by atoms with Crippen LogP contribution in [0.1, 0.15) is 32.1 Å². The topological polar surface area (TPSA) is 41.1 Å². The second-order valence-electron chi connectivity index (χ2n) is 4.72. The van der Waals surface area contributed by atoms with E-state index >= 15 is 0 Å². The molecular weight excluding hydrogens is 224 g/mol. The molecule has 0 bridgehead atoms. The molecule has 0 saturated heterocycles. The van der Waals surface area contributed by atoms with E-state index in [-0.39, 0.29) is 6.03 Å². The molecule has 2 rings (SSSR count). The lowest BCUT2D eigenvalue weighted by atomic mass is 9.89. The van der Waals surface area contributed by atoms with Gasteiger partial charge in [-0.25, -0.2) is 4.79 Å². The van der Waals surface area contributed by atoms with Gasteiger partial charge in [0.05, 0.1) is 0 Å². The van der Waals surface area contributed by atoms with E-state index < -0.39 is 0 Å². The van der Waals surface area contributed by atoms with Crippen molar-refractivity contribution in [1.29, 1.82) is 0 Å². The van der Waals surface area contributed by atoms with Crippen molar-refractivity contribution < 1.29 is 4.79 Å². The van der Waals surface area contributed by atoms with E-state index in [1.807, 2.05) is 30.3 Å². The van der Waals surface area contributed by atoms with Gasteiger partial charge in [0.1, 0.15) is 0 Å². The van der Waals surface area contributed by atoms with Crippen LogP contribution in [0.25, 0.3) is 0 Å². The zero-order chi connectivity index (χ0) is 12.6. The lowest BCUT2D eigenvalue weighted by Gasteiger charge is -2.17. The van der Waals surface area contributed by atoms with E-state index in [1.165, 1.54) is 32.1 Å². The highest BCUT2D eigenvalue weighted by molar-refractivity contribution is 5.89. The van der Waals surface area contributed by atoms with Crippen molar-refractivity contribution in [1.82, 2.24) is 5.32 Å². The molecule has 3 heteroatoms. The maximum absolute atomic E-state index is 11.6. The second-order valence-corrected chi connectivity index (χ2v) is 4.72. The SMILES string of the molecule is O=C(N/C=C/C1CCCCC1)Nc1ccccc1. The average molecular weight is 244 g/mol. The Morgan fingerprint density at radius 1 is 1.11 bits per heavy atom. The van der Waals surface area contributed by atoms with Gasteiger partial charge in [-0.1, -0.05) is 43.5 Å². The monoisotopic (exact) mass is 244 g/mol. The van der Waals surface area contributed by atoms with Gasteiger partial charge < -0.3 is 10.6 Å². The van der Waals surface area contributed by atoms with Gasteiger partial charge >= 0.3 is 6.03 Å². The van der Waals surface area contributed by atoms with Crippen LogP contribution in [-0.4, -0.2) is 6.03 Å². The van der Waals surface area contributed by atoms with Crippen LogP contribution in [0.3, 0.4) is 0 Å². The van der Waals surface area contributed by atoms with Crippen molar-refractivity contribution in [2.75, 3.05) is 5.32 Å². The van der Waals surface area contributed by atoms with E-state index in [4.69, 9.17) is 0 Å². The number of carbonyl (C=O) groups excluding carboxylic acids is 1. The summed E-state index contributed by atoms with van der Waals surface area (Å²) >= 11 is 0. The van der Waals surface area contributed by atoms with Crippen molar-refractivity contribution in [3.63, 3.8) is 0 Å². The van der Waals surface area contributed by atoms with Crippen molar-refractivity contribution in [3.8, 4) is 0 Å². The molecule has 2 amide bonds. The Hall–Kier alpha value is -1.77. The highest BCUT2D eigenvalue weighted by Crippen LogP contribution is 2.24. The molecule has 0 aromatic heterocycles. The molecule has 1 aliphatic carbocycles. The molecule has 0 heterocycles. The quantitative estimate of drug-likeness (QED) is 0.831. The van der Waals surface area contributed by atoms with Crippen molar-refractivity contribution in [3.05, 3.63) is 42.6 Å². The summed E-state index contributed by atoms with van der Waals surface area (Å²) in [4.78, 5) is 11.6. The van der Waals surface area contributed by atoms with Crippen LogP contribution >= 0.6 is 0 Å². The molecule has 18 heavy (non-hydrogen) atoms. The standard InChI is InChI=1S/C15H20N2O/c18-15(17-14-9-5-2-6-10-14)16-12-11-13-7-3-1-4-8-13/h2,5-6,9-13H,1,3-4,7-8H2,(H2,16,17,18)/b12-11+. The molecule has 0 aliphatic heterocycles. The summed E-state index contributed by atoms with van der Waals surface area (Å²) in [7, 11) is 0. The van der Waals surface area contributed by atoms with Crippen LogP contribution in [0.5, 0.6) is 0 Å². The Labute approximate surface area is 108 Å². The summed E-state index contributed by atoms with van der Waals surface area (Å²) in [6.45, 7) is 0. The van der Waals surface area contributed by atoms with Gasteiger partial charge in [0.25, 0.3) is 0 Å². The predicted molar refractivity (Wildman–Crippen MR) is 74.3 cm³/mol. The van der Waals surface area contributed by atoms with Gasteiger partial charge in [-0.15, -0.1) is 0 Å². The first kappa shape index (κ1) is 12.7. The Balaban J connectivity index is 1.72. The van der Waals surface area contributed by atoms with E-state index in [1.54, 1.807) is 6.20 Å². The minimum absolute atomic E-state index is 0.187. The number of hydrogen-bond acceptors (Lipinski definition) is 1. The summed E-state index contributed by atoms with van der Waals surface area (Å²) in [6.07, 6.45) is 10.4. The van der Waals surface area contributed by atoms with Gasteiger partial charge in [0, 0.05) is 11.9 Å². The number of carbonyl (C=O) groups is 1. The molecule has 0 unspecified atom stereocenters. The number of hydrogen-bond donors (Lipinski definition) is 2. The normalized spacial score (nSPS) is 16.7. The summed E-state index contributed by atoms with van der Waals surface area (Å²) in [6, 6.07) is 9.26. The molecule has 0 radical (unpaired) electrons. The van der Waals surface area contributed by atoms with Crippen molar-refractivity contribution in [2.45, 2.75) is 32.1 Å². The largest absolute Gasteiger partial charge is 0.323 e. The van der Waals surface area contributed by atoms with E-state index in [0.717, 1.165) is 5.69 Å². The number of allylic oxidation sites excluding steroid dienone is 1. The fourth-order valence-electron chi connectivity index (χ4n) is 2.28. The van der Waals surface area contributed by atoms with E-state index in [2.05, 4.69) is 16.7 Å². The number of benzene rings is 1. The molecule has 1 aromatic rings. The van der Waals surface area contributed by atoms with Crippen molar-refractivity contribution in [2.24, 2.45) is 5.92 Å². The van der Waals surface area contributed by atoms with Crippen LogP contribution < -0.4 is 10.6 Å². The first-order valence-corrected chi connectivity index (χ1v) is 6.64. The highest BCUT2D eigenvalue weighted by atomic mass is 16.2. The molecule has 0 spiro atoms. The first-order valence-electron chi connectivity index (χ1n) is 6.64. The smallest absolute Gasteiger partial charge is 0.315 e. The van der Waals surface area contributed by atoms with Gasteiger partial charge in [0.2, 0.25) is 0 Å². The van der Waals surface area contributed by atoms with Crippen LogP contribution in [0.15, 0.2) is 42.6 Å². The van der Waals surface area contributed by atoms with Gasteiger partial charge in [-0.2, -0.15) is 0 Å². The fourth-order valence-corrected chi connectivity index (χ4v) is 2.28. The predicted octanol–water partition coefficient (Wildman–Crippen LogP) is 3.90. The molecule has 2 N–H and O–H groups in total. The molecular formula is C15H20N2O. The first-order chi connectivity index (χ1) is 8.84. The number of anilines is 1. The molecule has 0 atom stereocenters. The Morgan fingerprint density at radius 3 is 2.56 bits per heavy atom. The van der Waals surface area contributed by atoms with Crippen LogP contribution in [0.2, 0.25) is 0 Å². The summed E-state index contributed by atoms with van der Waals surface area (Å²) in [5.41, 5.74) is 0.807. The zero-order valence-corrected chi connectivity index (χ0v) is 10.6. The number of rotatable bonds is 3. The van der Waals surface area contributed by atoms with E-state index in [0.29, 0.717) is 5.92 Å². The molecule has 1 fully saturated rings. The zero-order valence-electron chi connectivity index (χ0n) is 10.6. The lowest BCUT2D eigenvalue weighted by Crippen LogP contribution is -2.24. The van der Waals surface area contributed by atoms with Crippen molar-refractivity contribution >= 4 is 11.7 Å². The molecule has 1 saturated carbocycles. The van der Waals surface area contributed by atoms with Crippen LogP contribution in [-0.2, 0) is 0 Å². The molecule has 96 valence electrons. The van der Waals surface area contributed by atoms with Gasteiger partial charge in [-0.3, -0.25) is 0 Å². The third-order valence-corrected chi connectivity index (χ3v) is 3.26. The van der Waals surface area contributed by atoms with Gasteiger partial charge in [0.15, 0.2) is 0 Å². The Morgan fingerprint density at radius 2 is 1.83 bits per heavy atom. The number of amides is 2. The molecule has 1 aliphatic rings. The summed E-state index contributed by atoms with van der Waals surface area (Å²) in [5, 5.41) is 5.53. The molecule has 1 aromatic carbocycles. The van der Waals surface area contributed by atoms with Crippen LogP contribution in [0.4, 0.5) is 10.5 Å². The number of urea groups is 1. The maximum atomic E-state index is 11.6.